The number of alkyl halides is 3. The van der Waals surface area contributed by atoms with E-state index in [0.717, 1.165) is 12.1 Å². The Morgan fingerprint density at radius 3 is 2.76 bits per heavy atom. The van der Waals surface area contributed by atoms with Gasteiger partial charge in [0.15, 0.2) is 6.29 Å². The molecule has 1 aromatic heterocycles. The number of aliphatic hydroxyl groups excluding tert-OH is 1. The number of aromatic nitrogens is 2. The molecule has 1 amide bonds. The second-order valence-corrected chi connectivity index (χ2v) is 9.33. The zero-order valence-electron chi connectivity index (χ0n) is 22.5. The zero-order chi connectivity index (χ0) is 30.1. The quantitative estimate of drug-likeness (QED) is 0.159. The van der Waals surface area contributed by atoms with Crippen LogP contribution in [0.5, 0.6) is 11.5 Å². The van der Waals surface area contributed by atoms with Gasteiger partial charge in [0.05, 0.1) is 29.4 Å². The minimum Gasteiger partial charge on any atom is -0.456 e. The van der Waals surface area contributed by atoms with Crippen molar-refractivity contribution in [3.05, 3.63) is 70.5 Å². The van der Waals surface area contributed by atoms with Crippen LogP contribution in [0.1, 0.15) is 24.5 Å². The molecule has 2 aromatic carbocycles. The Hall–Kier alpha value is -3.91. The lowest BCUT2D eigenvalue weighted by Crippen LogP contribution is -2.31. The van der Waals surface area contributed by atoms with E-state index in [0.29, 0.717) is 48.0 Å². The second-order valence-electron chi connectivity index (χ2n) is 8.92. The van der Waals surface area contributed by atoms with Crippen LogP contribution in [-0.4, -0.2) is 60.2 Å². The third kappa shape index (κ3) is 8.32. The number of benzene rings is 2. The lowest BCUT2D eigenvalue weighted by atomic mass is 10.1. The average molecular weight is 608 g/mol. The SMILES string of the molecule is CCOC(CO)OCCNC(=O)C1=Cc2c(ncnc2Nc2ccc(Oc3cccc(C(F)(F)F)c3)c(Cl)c2)NCC1. The molecule has 1 aliphatic heterocycles. The first-order chi connectivity index (χ1) is 20.2. The molecule has 42 heavy (non-hydrogen) atoms. The van der Waals surface area contributed by atoms with E-state index in [9.17, 15) is 23.1 Å². The Labute approximate surface area is 244 Å². The molecule has 1 atom stereocenters. The van der Waals surface area contributed by atoms with E-state index in [1.165, 1.54) is 24.5 Å². The molecule has 10 nitrogen and oxygen atoms in total. The van der Waals surface area contributed by atoms with Crippen molar-refractivity contribution in [3.63, 3.8) is 0 Å². The van der Waals surface area contributed by atoms with E-state index in [1.54, 1.807) is 25.1 Å². The number of fused-ring (bicyclic) bond motifs is 1. The number of nitrogens with zero attached hydrogens (tertiary/aromatic N) is 2. The van der Waals surface area contributed by atoms with Gasteiger partial charge in [0.25, 0.3) is 0 Å². The van der Waals surface area contributed by atoms with Crippen LogP contribution < -0.4 is 20.7 Å². The summed E-state index contributed by atoms with van der Waals surface area (Å²) in [4.78, 5) is 21.5. The third-order valence-electron chi connectivity index (χ3n) is 5.96. The van der Waals surface area contributed by atoms with Gasteiger partial charge in [-0.1, -0.05) is 17.7 Å². The summed E-state index contributed by atoms with van der Waals surface area (Å²) in [5.41, 5.74) is 0.726. The van der Waals surface area contributed by atoms with Crippen molar-refractivity contribution in [2.24, 2.45) is 0 Å². The first-order valence-corrected chi connectivity index (χ1v) is 13.4. The normalized spacial score (nSPS) is 13.7. The molecule has 0 radical (unpaired) electrons. The number of ether oxygens (including phenoxy) is 3. The van der Waals surface area contributed by atoms with E-state index >= 15 is 0 Å². The molecule has 224 valence electrons. The first kappa shape index (κ1) is 31.0. The highest BCUT2D eigenvalue weighted by molar-refractivity contribution is 6.32. The molecule has 0 bridgehead atoms. The molecule has 0 aliphatic carbocycles. The third-order valence-corrected chi connectivity index (χ3v) is 6.25. The molecular weight excluding hydrogens is 579 g/mol. The summed E-state index contributed by atoms with van der Waals surface area (Å²) in [6.45, 7) is 2.71. The molecule has 4 rings (SSSR count). The van der Waals surface area contributed by atoms with Crippen LogP contribution in [-0.2, 0) is 20.4 Å². The van der Waals surface area contributed by atoms with Crippen LogP contribution in [0.2, 0.25) is 5.02 Å². The summed E-state index contributed by atoms with van der Waals surface area (Å²) in [6, 6.07) is 9.20. The molecule has 1 unspecified atom stereocenters. The van der Waals surface area contributed by atoms with Crippen molar-refractivity contribution in [1.29, 1.82) is 0 Å². The molecule has 2 heterocycles. The number of hydrogen-bond acceptors (Lipinski definition) is 9. The first-order valence-electron chi connectivity index (χ1n) is 13.0. The number of carbonyl (C=O) groups is 1. The average Bonchev–Trinajstić information content (AvgIpc) is 3.19. The van der Waals surface area contributed by atoms with Gasteiger partial charge in [0.1, 0.15) is 29.5 Å². The lowest BCUT2D eigenvalue weighted by molar-refractivity contribution is -0.159. The van der Waals surface area contributed by atoms with Crippen molar-refractivity contribution in [2.75, 3.05) is 43.5 Å². The van der Waals surface area contributed by atoms with Crippen LogP contribution >= 0.6 is 11.6 Å². The van der Waals surface area contributed by atoms with Crippen LogP contribution in [0.3, 0.4) is 0 Å². The Bertz CT molecular complexity index is 1420. The van der Waals surface area contributed by atoms with E-state index in [2.05, 4.69) is 25.9 Å². The predicted octanol–water partition coefficient (Wildman–Crippen LogP) is 5.37. The Balaban J connectivity index is 1.45. The topological polar surface area (TPSA) is 127 Å². The van der Waals surface area contributed by atoms with Gasteiger partial charge < -0.3 is 35.3 Å². The van der Waals surface area contributed by atoms with Crippen LogP contribution in [0.25, 0.3) is 6.08 Å². The molecule has 0 saturated carbocycles. The number of amides is 1. The molecule has 0 spiro atoms. The number of carbonyl (C=O) groups excluding carboxylic acids is 1. The van der Waals surface area contributed by atoms with E-state index < -0.39 is 18.0 Å². The fourth-order valence-corrected chi connectivity index (χ4v) is 4.20. The Kier molecular flexibility index (Phi) is 10.6. The number of nitrogens with one attached hydrogen (secondary N) is 3. The van der Waals surface area contributed by atoms with Crippen molar-refractivity contribution in [1.82, 2.24) is 15.3 Å². The Morgan fingerprint density at radius 1 is 1.19 bits per heavy atom. The molecule has 0 fully saturated rings. The van der Waals surface area contributed by atoms with Gasteiger partial charge in [-0.15, -0.1) is 0 Å². The standard InChI is InChI=1S/C28H29ClF3N5O5/c1-2-40-24(15-38)41-11-10-34-27(39)17-8-9-33-25-21(12-17)26(36-16-35-25)37-19-6-7-23(22(29)14-19)42-20-5-3-4-18(13-20)28(30,31)32/h3-7,12-14,16,24,38H,2,8-11,15H2,1H3,(H,34,39)(H2,33,35,36,37). The van der Waals surface area contributed by atoms with Crippen molar-refractivity contribution < 1.29 is 37.3 Å². The number of hydrogen-bond donors (Lipinski definition) is 4. The van der Waals surface area contributed by atoms with Gasteiger partial charge in [0, 0.05) is 31.0 Å². The number of anilines is 3. The highest BCUT2D eigenvalue weighted by Crippen LogP contribution is 2.36. The molecule has 1 aliphatic rings. The molecule has 4 N–H and O–H groups in total. The summed E-state index contributed by atoms with van der Waals surface area (Å²) < 4.78 is 55.3. The largest absolute Gasteiger partial charge is 0.456 e. The summed E-state index contributed by atoms with van der Waals surface area (Å²) >= 11 is 6.39. The van der Waals surface area contributed by atoms with Crippen LogP contribution in [0.4, 0.5) is 30.5 Å². The van der Waals surface area contributed by atoms with Crippen LogP contribution in [0.15, 0.2) is 54.4 Å². The summed E-state index contributed by atoms with van der Waals surface area (Å²) in [5, 5.41) is 18.5. The highest BCUT2D eigenvalue weighted by Gasteiger charge is 2.30. The van der Waals surface area contributed by atoms with Crippen LogP contribution in [0, 0.1) is 0 Å². The van der Waals surface area contributed by atoms with Crippen molar-refractivity contribution in [3.8, 4) is 11.5 Å². The van der Waals surface area contributed by atoms with E-state index in [1.807, 2.05) is 0 Å². The minimum absolute atomic E-state index is 0.00959. The minimum atomic E-state index is -4.50. The fraction of sp³-hybridized carbons (Fsp3) is 0.321. The summed E-state index contributed by atoms with van der Waals surface area (Å²) in [7, 11) is 0. The lowest BCUT2D eigenvalue weighted by Gasteiger charge is -2.15. The Morgan fingerprint density at radius 2 is 2.02 bits per heavy atom. The second kappa shape index (κ2) is 14.3. The highest BCUT2D eigenvalue weighted by atomic mass is 35.5. The van der Waals surface area contributed by atoms with E-state index in [-0.39, 0.29) is 42.2 Å². The maximum Gasteiger partial charge on any atom is 0.416 e. The fourth-order valence-electron chi connectivity index (χ4n) is 3.98. The predicted molar refractivity (Wildman–Crippen MR) is 151 cm³/mol. The number of halogens is 4. The number of aliphatic hydroxyl groups is 1. The maximum atomic E-state index is 13.0. The monoisotopic (exact) mass is 607 g/mol. The summed E-state index contributed by atoms with van der Waals surface area (Å²) in [5.74, 6) is 0.785. The molecule has 14 heteroatoms. The number of rotatable bonds is 12. The van der Waals surface area contributed by atoms with Gasteiger partial charge in [-0.2, -0.15) is 13.2 Å². The maximum absolute atomic E-state index is 13.0. The van der Waals surface area contributed by atoms with Gasteiger partial charge in [-0.3, -0.25) is 4.79 Å². The van der Waals surface area contributed by atoms with Gasteiger partial charge in [-0.05, 0) is 55.8 Å². The zero-order valence-corrected chi connectivity index (χ0v) is 23.3. The molecule has 0 saturated heterocycles. The summed E-state index contributed by atoms with van der Waals surface area (Å²) in [6.07, 6.45) is -1.77. The van der Waals surface area contributed by atoms with Crippen molar-refractivity contribution in [2.45, 2.75) is 25.8 Å². The van der Waals surface area contributed by atoms with Gasteiger partial charge in [0.2, 0.25) is 5.91 Å². The molecular formula is C28H29ClF3N5O5. The van der Waals surface area contributed by atoms with E-state index in [4.69, 9.17) is 25.8 Å². The van der Waals surface area contributed by atoms with Gasteiger partial charge in [-0.25, -0.2) is 9.97 Å². The molecule has 3 aromatic rings. The van der Waals surface area contributed by atoms with Gasteiger partial charge >= 0.3 is 6.18 Å². The smallest absolute Gasteiger partial charge is 0.416 e. The van der Waals surface area contributed by atoms with Crippen molar-refractivity contribution >= 4 is 40.9 Å².